The number of imidazole rings is 1. The Kier molecular flexibility index (Phi) is 4.70. The van der Waals surface area contributed by atoms with Crippen LogP contribution in [-0.2, 0) is 4.79 Å². The van der Waals surface area contributed by atoms with E-state index in [4.69, 9.17) is 0 Å². The Morgan fingerprint density at radius 2 is 1.88 bits per heavy atom. The lowest BCUT2D eigenvalue weighted by molar-refractivity contribution is -0.117. The van der Waals surface area contributed by atoms with Gasteiger partial charge in [-0.15, -0.1) is 0 Å². The number of aromatic nitrogens is 6. The van der Waals surface area contributed by atoms with Gasteiger partial charge >= 0.3 is 0 Å². The second-order valence-corrected chi connectivity index (χ2v) is 9.04. The normalized spacial score (nSPS) is 11.8. The molecule has 0 radical (unpaired) electrons. The lowest BCUT2D eigenvalue weighted by Crippen LogP contribution is -2.19. The minimum absolute atomic E-state index is 0.0352. The van der Waals surface area contributed by atoms with E-state index in [0.717, 1.165) is 27.5 Å². The summed E-state index contributed by atoms with van der Waals surface area (Å²) in [5, 5.41) is 11.2. The molecule has 8 heteroatoms. The number of amides is 1. The minimum atomic E-state index is -0.0849. The number of hydrogen-bond donors (Lipinski definition) is 3. The number of H-pyrrole nitrogens is 2. The van der Waals surface area contributed by atoms with Crippen molar-refractivity contribution in [2.45, 2.75) is 27.2 Å². The predicted molar refractivity (Wildman–Crippen MR) is 125 cm³/mol. The molecule has 5 aromatic rings. The van der Waals surface area contributed by atoms with Gasteiger partial charge in [-0.3, -0.25) is 14.9 Å². The highest BCUT2D eigenvalue weighted by atomic mass is 16.1. The maximum atomic E-state index is 12.3. The molecule has 0 aliphatic rings. The molecule has 4 heterocycles. The van der Waals surface area contributed by atoms with Gasteiger partial charge in [-0.25, -0.2) is 9.97 Å². The molecule has 0 fully saturated rings. The molecule has 0 aliphatic heterocycles. The number of nitrogens with zero attached hydrogens (tertiary/aromatic N) is 4. The van der Waals surface area contributed by atoms with Gasteiger partial charge in [-0.1, -0.05) is 32.9 Å². The fraction of sp³-hybridized carbons (Fsp3) is 0.208. The number of carbonyl (C=O) groups excluding carboxylic acids is 1. The van der Waals surface area contributed by atoms with Gasteiger partial charge in [-0.05, 0) is 29.7 Å². The van der Waals surface area contributed by atoms with Crippen LogP contribution in [0, 0.1) is 5.41 Å². The van der Waals surface area contributed by atoms with Crippen molar-refractivity contribution >= 4 is 33.7 Å². The first-order valence-electron chi connectivity index (χ1n) is 10.4. The lowest BCUT2D eigenvalue weighted by atomic mass is 9.92. The summed E-state index contributed by atoms with van der Waals surface area (Å²) in [6.45, 7) is 6.10. The first-order chi connectivity index (χ1) is 15.4. The molecular weight excluding hydrogens is 402 g/mol. The second-order valence-electron chi connectivity index (χ2n) is 9.04. The van der Waals surface area contributed by atoms with Crippen LogP contribution in [-0.4, -0.2) is 36.0 Å². The van der Waals surface area contributed by atoms with Gasteiger partial charge in [0.05, 0.1) is 28.3 Å². The first kappa shape index (κ1) is 19.9. The van der Waals surface area contributed by atoms with Gasteiger partial charge in [0.25, 0.3) is 0 Å². The molecule has 1 aromatic carbocycles. The fourth-order valence-corrected chi connectivity index (χ4v) is 3.66. The molecule has 8 nitrogen and oxygen atoms in total. The van der Waals surface area contributed by atoms with E-state index in [9.17, 15) is 4.79 Å². The Morgan fingerprint density at radius 1 is 1.06 bits per heavy atom. The summed E-state index contributed by atoms with van der Waals surface area (Å²) < 4.78 is 0. The van der Waals surface area contributed by atoms with Crippen molar-refractivity contribution in [2.75, 3.05) is 5.32 Å². The highest BCUT2D eigenvalue weighted by Gasteiger charge is 2.17. The van der Waals surface area contributed by atoms with E-state index in [1.807, 2.05) is 57.2 Å². The number of fused-ring (bicyclic) bond motifs is 2. The van der Waals surface area contributed by atoms with Crippen LogP contribution in [0.15, 0.2) is 55.0 Å². The van der Waals surface area contributed by atoms with E-state index in [0.29, 0.717) is 29.3 Å². The number of carbonyl (C=O) groups is 1. The van der Waals surface area contributed by atoms with Crippen LogP contribution in [0.3, 0.4) is 0 Å². The maximum Gasteiger partial charge on any atom is 0.224 e. The summed E-state index contributed by atoms with van der Waals surface area (Å²) >= 11 is 0. The summed E-state index contributed by atoms with van der Waals surface area (Å²) in [7, 11) is 0. The average molecular weight is 425 g/mol. The molecule has 0 bridgehead atoms. The molecule has 4 aromatic heterocycles. The van der Waals surface area contributed by atoms with Gasteiger partial charge in [0, 0.05) is 29.9 Å². The Labute approximate surface area is 184 Å². The molecule has 5 rings (SSSR count). The van der Waals surface area contributed by atoms with Gasteiger partial charge in [0.15, 0.2) is 11.5 Å². The van der Waals surface area contributed by atoms with Gasteiger partial charge in [0.2, 0.25) is 5.91 Å². The van der Waals surface area contributed by atoms with E-state index in [1.165, 1.54) is 0 Å². The molecule has 0 aliphatic carbocycles. The fourth-order valence-electron chi connectivity index (χ4n) is 3.66. The SMILES string of the molecule is CC(C)(C)CC(=O)Nc1cncc(-c2cnc3[nH]nc(-c4nc5ccccc5[nH]4)c3c2)c1. The number of nitrogens with one attached hydrogen (secondary N) is 3. The van der Waals surface area contributed by atoms with Crippen LogP contribution in [0.1, 0.15) is 27.2 Å². The topological polar surface area (TPSA) is 112 Å². The second kappa shape index (κ2) is 7.56. The molecule has 0 spiro atoms. The number of rotatable bonds is 4. The van der Waals surface area contributed by atoms with Crippen LogP contribution >= 0.6 is 0 Å². The van der Waals surface area contributed by atoms with E-state index < -0.39 is 0 Å². The molecule has 0 unspecified atom stereocenters. The molecule has 3 N–H and O–H groups in total. The van der Waals surface area contributed by atoms with Crippen molar-refractivity contribution < 1.29 is 4.79 Å². The van der Waals surface area contributed by atoms with Crippen LogP contribution in [0.25, 0.3) is 44.7 Å². The van der Waals surface area contributed by atoms with Gasteiger partial charge in [-0.2, -0.15) is 5.10 Å². The molecule has 0 saturated carbocycles. The summed E-state index contributed by atoms with van der Waals surface area (Å²) in [6, 6.07) is 11.8. The number of aromatic amines is 2. The quantitative estimate of drug-likeness (QED) is 0.378. The molecule has 1 amide bonds. The van der Waals surface area contributed by atoms with E-state index >= 15 is 0 Å². The zero-order chi connectivity index (χ0) is 22.3. The summed E-state index contributed by atoms with van der Waals surface area (Å²) in [4.78, 5) is 29.1. The Hall–Kier alpha value is -4.07. The largest absolute Gasteiger partial charge is 0.337 e. The van der Waals surface area contributed by atoms with Gasteiger partial charge < -0.3 is 10.3 Å². The minimum Gasteiger partial charge on any atom is -0.337 e. The Balaban J connectivity index is 1.49. The zero-order valence-electron chi connectivity index (χ0n) is 18.1. The summed E-state index contributed by atoms with van der Waals surface area (Å²) in [6.07, 6.45) is 5.60. The number of pyridine rings is 2. The van der Waals surface area contributed by atoms with Crippen molar-refractivity contribution in [3.05, 3.63) is 55.0 Å². The number of anilines is 1. The van der Waals surface area contributed by atoms with E-state index in [1.54, 1.807) is 18.6 Å². The van der Waals surface area contributed by atoms with Crippen LogP contribution in [0.5, 0.6) is 0 Å². The summed E-state index contributed by atoms with van der Waals surface area (Å²) in [5.41, 5.74) is 5.50. The zero-order valence-corrected chi connectivity index (χ0v) is 18.1. The molecule has 0 atom stereocenters. The monoisotopic (exact) mass is 425 g/mol. The highest BCUT2D eigenvalue weighted by molar-refractivity contribution is 5.94. The Morgan fingerprint density at radius 3 is 2.69 bits per heavy atom. The van der Waals surface area contributed by atoms with Crippen molar-refractivity contribution in [3.63, 3.8) is 0 Å². The number of hydrogen-bond acceptors (Lipinski definition) is 5. The van der Waals surface area contributed by atoms with E-state index in [-0.39, 0.29) is 11.3 Å². The van der Waals surface area contributed by atoms with Crippen LogP contribution in [0.4, 0.5) is 5.69 Å². The Bertz CT molecular complexity index is 1410. The lowest BCUT2D eigenvalue weighted by Gasteiger charge is -2.17. The first-order valence-corrected chi connectivity index (χ1v) is 10.4. The number of para-hydroxylation sites is 2. The molecule has 32 heavy (non-hydrogen) atoms. The van der Waals surface area contributed by atoms with Crippen molar-refractivity contribution in [3.8, 4) is 22.6 Å². The molecular formula is C24H23N7O. The smallest absolute Gasteiger partial charge is 0.224 e. The highest BCUT2D eigenvalue weighted by Crippen LogP contribution is 2.30. The maximum absolute atomic E-state index is 12.3. The summed E-state index contributed by atoms with van der Waals surface area (Å²) in [5.74, 6) is 0.643. The van der Waals surface area contributed by atoms with Crippen molar-refractivity contribution in [2.24, 2.45) is 5.41 Å². The third-order valence-corrected chi connectivity index (χ3v) is 5.08. The predicted octanol–water partition coefficient (Wildman–Crippen LogP) is 4.94. The molecule has 160 valence electrons. The van der Waals surface area contributed by atoms with Crippen LogP contribution < -0.4 is 5.32 Å². The third kappa shape index (κ3) is 3.94. The van der Waals surface area contributed by atoms with E-state index in [2.05, 4.69) is 35.5 Å². The van der Waals surface area contributed by atoms with Crippen molar-refractivity contribution in [1.29, 1.82) is 0 Å². The third-order valence-electron chi connectivity index (χ3n) is 5.08. The molecule has 0 saturated heterocycles. The number of benzene rings is 1. The standard InChI is InChI=1S/C24H23N7O/c1-24(2,3)10-20(32)27-16-8-14(11-25-13-16)15-9-17-21(30-31-22(17)26-12-15)23-28-18-6-4-5-7-19(18)29-23/h4-9,11-13H,10H2,1-3H3,(H,27,32)(H,28,29)(H,26,30,31). The van der Waals surface area contributed by atoms with Crippen LogP contribution in [0.2, 0.25) is 0 Å². The van der Waals surface area contributed by atoms with Gasteiger partial charge in [0.1, 0.15) is 5.69 Å². The van der Waals surface area contributed by atoms with Crippen molar-refractivity contribution in [1.82, 2.24) is 30.1 Å². The average Bonchev–Trinajstić information content (AvgIpc) is 3.35.